The van der Waals surface area contributed by atoms with Crippen LogP contribution in [-0.2, 0) is 16.6 Å². The Morgan fingerprint density at radius 2 is 1.77 bits per heavy atom. The van der Waals surface area contributed by atoms with Crippen LogP contribution in [0.3, 0.4) is 0 Å². The highest BCUT2D eigenvalue weighted by molar-refractivity contribution is 7.89. The lowest BCUT2D eigenvalue weighted by atomic mass is 10.2. The van der Waals surface area contributed by atoms with Gasteiger partial charge in [0.05, 0.1) is 10.6 Å². The number of anilines is 1. The molecule has 0 unspecified atom stereocenters. The summed E-state index contributed by atoms with van der Waals surface area (Å²) in [6.45, 7) is 4.57. The summed E-state index contributed by atoms with van der Waals surface area (Å²) < 4.78 is 27.9. The van der Waals surface area contributed by atoms with E-state index in [1.165, 1.54) is 16.4 Å². The topological polar surface area (TPSA) is 99.9 Å². The fraction of sp³-hybridized carbons (Fsp3) is 0.450. The summed E-state index contributed by atoms with van der Waals surface area (Å²) in [6.07, 6.45) is 5.23. The Labute approximate surface area is 176 Å². The van der Waals surface area contributed by atoms with Crippen LogP contribution in [-0.4, -0.2) is 66.8 Å². The van der Waals surface area contributed by atoms with E-state index in [0.29, 0.717) is 31.9 Å². The summed E-state index contributed by atoms with van der Waals surface area (Å²) in [5.74, 6) is 0. The third-order valence-electron chi connectivity index (χ3n) is 5.68. The van der Waals surface area contributed by atoms with E-state index < -0.39 is 14.9 Å². The van der Waals surface area contributed by atoms with E-state index in [0.717, 1.165) is 38.0 Å². The van der Waals surface area contributed by atoms with Crippen molar-refractivity contribution in [1.82, 2.24) is 14.2 Å². The highest BCUT2D eigenvalue weighted by atomic mass is 32.2. The van der Waals surface area contributed by atoms with Gasteiger partial charge in [-0.25, -0.2) is 8.42 Å². The van der Waals surface area contributed by atoms with Gasteiger partial charge in [0.2, 0.25) is 10.0 Å². The van der Waals surface area contributed by atoms with Gasteiger partial charge in [-0.2, -0.15) is 4.31 Å². The molecule has 9 nitrogen and oxygen atoms in total. The van der Waals surface area contributed by atoms with E-state index in [2.05, 4.69) is 9.88 Å². The Balaban J connectivity index is 1.56. The normalized spacial score (nSPS) is 18.6. The van der Waals surface area contributed by atoms with Gasteiger partial charge in [-0.3, -0.25) is 20.0 Å². The maximum atomic E-state index is 13.2. The lowest BCUT2D eigenvalue weighted by Crippen LogP contribution is -2.46. The molecule has 4 rings (SSSR count). The predicted octanol–water partition coefficient (Wildman–Crippen LogP) is 2.10. The van der Waals surface area contributed by atoms with E-state index in [4.69, 9.17) is 0 Å². The Morgan fingerprint density at radius 1 is 1.03 bits per heavy atom. The molecular weight excluding hydrogens is 406 g/mol. The zero-order chi connectivity index (χ0) is 21.1. The van der Waals surface area contributed by atoms with Gasteiger partial charge in [0.25, 0.3) is 5.69 Å². The lowest BCUT2D eigenvalue weighted by Gasteiger charge is -2.37. The second kappa shape index (κ2) is 8.66. The number of rotatable bonds is 6. The van der Waals surface area contributed by atoms with Crippen LogP contribution in [0.4, 0.5) is 11.4 Å². The summed E-state index contributed by atoms with van der Waals surface area (Å²) >= 11 is 0. The molecule has 2 aliphatic rings. The van der Waals surface area contributed by atoms with Crippen molar-refractivity contribution in [2.24, 2.45) is 0 Å². The number of hydrogen-bond acceptors (Lipinski definition) is 7. The maximum Gasteiger partial charge on any atom is 0.270 e. The highest BCUT2D eigenvalue weighted by Gasteiger charge is 2.33. The van der Waals surface area contributed by atoms with Crippen molar-refractivity contribution in [3.8, 4) is 0 Å². The Hall–Kier alpha value is -2.56. The van der Waals surface area contributed by atoms with Crippen molar-refractivity contribution in [1.29, 1.82) is 0 Å². The van der Waals surface area contributed by atoms with Gasteiger partial charge in [0.15, 0.2) is 0 Å². The van der Waals surface area contributed by atoms with E-state index in [1.807, 2.05) is 23.2 Å². The van der Waals surface area contributed by atoms with E-state index >= 15 is 0 Å². The molecule has 2 saturated heterocycles. The van der Waals surface area contributed by atoms with Gasteiger partial charge in [-0.15, -0.1) is 0 Å². The minimum atomic E-state index is -3.77. The minimum Gasteiger partial charge on any atom is -0.368 e. The number of aromatic nitrogens is 1. The van der Waals surface area contributed by atoms with Crippen molar-refractivity contribution in [2.75, 3.05) is 44.2 Å². The highest BCUT2D eigenvalue weighted by Crippen LogP contribution is 2.33. The number of non-ortho nitro benzene ring substituents is 1. The summed E-state index contributed by atoms with van der Waals surface area (Å²) in [7, 11) is -3.77. The molecular formula is C20H25N5O4S. The van der Waals surface area contributed by atoms with Crippen molar-refractivity contribution < 1.29 is 13.3 Å². The smallest absolute Gasteiger partial charge is 0.270 e. The number of nitrogens with zero attached hydrogens (tertiary/aromatic N) is 5. The molecule has 0 amide bonds. The van der Waals surface area contributed by atoms with Gasteiger partial charge >= 0.3 is 0 Å². The molecule has 10 heteroatoms. The molecule has 0 saturated carbocycles. The average Bonchev–Trinajstić information content (AvgIpc) is 3.30. The van der Waals surface area contributed by atoms with Crippen LogP contribution in [0.5, 0.6) is 0 Å². The van der Waals surface area contributed by atoms with Crippen molar-refractivity contribution in [3.63, 3.8) is 0 Å². The van der Waals surface area contributed by atoms with Crippen LogP contribution in [0, 0.1) is 10.1 Å². The average molecular weight is 432 g/mol. The first kappa shape index (κ1) is 20.7. The summed E-state index contributed by atoms with van der Waals surface area (Å²) in [5.41, 5.74) is 1.49. The molecule has 0 spiro atoms. The molecule has 0 aliphatic carbocycles. The first-order chi connectivity index (χ1) is 14.4. The second-order valence-corrected chi connectivity index (χ2v) is 9.55. The molecule has 2 aliphatic heterocycles. The largest absolute Gasteiger partial charge is 0.368 e. The number of pyridine rings is 1. The van der Waals surface area contributed by atoms with Crippen molar-refractivity contribution in [2.45, 2.75) is 24.3 Å². The fourth-order valence-electron chi connectivity index (χ4n) is 4.05. The number of nitro benzene ring substituents is 1. The molecule has 3 heterocycles. The van der Waals surface area contributed by atoms with Crippen LogP contribution < -0.4 is 4.90 Å². The lowest BCUT2D eigenvalue weighted by molar-refractivity contribution is -0.385. The summed E-state index contributed by atoms with van der Waals surface area (Å²) in [6, 6.07) is 8.14. The molecule has 160 valence electrons. The van der Waals surface area contributed by atoms with Gasteiger partial charge < -0.3 is 4.90 Å². The number of piperazine rings is 1. The van der Waals surface area contributed by atoms with E-state index in [-0.39, 0.29) is 10.6 Å². The van der Waals surface area contributed by atoms with Crippen molar-refractivity contribution in [3.05, 3.63) is 58.4 Å². The zero-order valence-corrected chi connectivity index (χ0v) is 17.5. The van der Waals surface area contributed by atoms with Crippen LogP contribution in [0.1, 0.15) is 18.4 Å². The molecule has 0 N–H and O–H groups in total. The Morgan fingerprint density at radius 3 is 2.40 bits per heavy atom. The molecule has 1 aromatic carbocycles. The first-order valence-corrected chi connectivity index (χ1v) is 11.5. The number of hydrogen-bond donors (Lipinski definition) is 0. The van der Waals surface area contributed by atoms with Gasteiger partial charge in [-0.05, 0) is 30.5 Å². The van der Waals surface area contributed by atoms with Gasteiger partial charge in [-0.1, -0.05) is 6.07 Å². The third-order valence-corrected chi connectivity index (χ3v) is 7.61. The molecule has 30 heavy (non-hydrogen) atoms. The molecule has 2 fully saturated rings. The standard InChI is InChI=1S/C20H25N5O4S/c26-25(27)18-5-6-19(20(14-18)30(28,29)24-8-1-2-9-24)23-12-10-22(11-13-23)16-17-4-3-7-21-15-17/h3-7,14-15H,1-2,8-13,16H2. The number of sulfonamides is 1. The summed E-state index contributed by atoms with van der Waals surface area (Å²) in [4.78, 5) is 19.2. The van der Waals surface area contributed by atoms with Gasteiger partial charge in [0, 0.05) is 70.3 Å². The van der Waals surface area contributed by atoms with Crippen LogP contribution in [0.25, 0.3) is 0 Å². The Bertz CT molecular complexity index is 1000. The first-order valence-electron chi connectivity index (χ1n) is 10.1. The molecule has 0 bridgehead atoms. The van der Waals surface area contributed by atoms with Crippen LogP contribution in [0.15, 0.2) is 47.6 Å². The minimum absolute atomic E-state index is 0.0410. The van der Waals surface area contributed by atoms with Gasteiger partial charge in [0.1, 0.15) is 4.90 Å². The molecule has 0 radical (unpaired) electrons. The fourth-order valence-corrected chi connectivity index (χ4v) is 5.80. The quantitative estimate of drug-likeness (QED) is 0.510. The van der Waals surface area contributed by atoms with Crippen molar-refractivity contribution >= 4 is 21.4 Å². The monoisotopic (exact) mass is 431 g/mol. The third kappa shape index (κ3) is 4.30. The van der Waals surface area contributed by atoms with E-state index in [9.17, 15) is 18.5 Å². The molecule has 1 aromatic heterocycles. The predicted molar refractivity (Wildman–Crippen MR) is 113 cm³/mol. The van der Waals surface area contributed by atoms with Crippen LogP contribution in [0.2, 0.25) is 0 Å². The second-order valence-electron chi connectivity index (χ2n) is 7.64. The number of nitro groups is 1. The number of benzene rings is 1. The van der Waals surface area contributed by atoms with E-state index in [1.54, 1.807) is 12.3 Å². The molecule has 2 aromatic rings. The Kier molecular flexibility index (Phi) is 5.98. The zero-order valence-electron chi connectivity index (χ0n) is 16.7. The summed E-state index contributed by atoms with van der Waals surface area (Å²) in [5, 5.41) is 11.3. The maximum absolute atomic E-state index is 13.2. The SMILES string of the molecule is O=[N+]([O-])c1ccc(N2CCN(Cc3cccnc3)CC2)c(S(=O)(=O)N2CCCC2)c1. The van der Waals surface area contributed by atoms with Crippen LogP contribution >= 0.6 is 0 Å². The molecule has 0 atom stereocenters.